The highest BCUT2D eigenvalue weighted by atomic mass is 32.1. The van der Waals surface area contributed by atoms with Crippen molar-refractivity contribution in [3.05, 3.63) is 35.3 Å². The van der Waals surface area contributed by atoms with Crippen LogP contribution < -0.4 is 4.74 Å². The van der Waals surface area contributed by atoms with Crippen molar-refractivity contribution in [1.29, 1.82) is 0 Å². The fourth-order valence-corrected chi connectivity index (χ4v) is 3.66. The molecule has 5 nitrogen and oxygen atoms in total. The summed E-state index contributed by atoms with van der Waals surface area (Å²) in [5.74, 6) is 0.758. The molecular formula is C18H22N2O3S. The predicted octanol–water partition coefficient (Wildman–Crippen LogP) is 3.20. The largest absolute Gasteiger partial charge is 0.494 e. The first-order valence-corrected chi connectivity index (χ1v) is 9.21. The second-order valence-corrected chi connectivity index (χ2v) is 6.75. The van der Waals surface area contributed by atoms with Crippen LogP contribution in [0.15, 0.2) is 29.6 Å². The van der Waals surface area contributed by atoms with E-state index < -0.39 is 0 Å². The number of aromatic nitrogens is 1. The SMILES string of the molecule is CCCOc1ccc(-c2nc(C(=O)N3CCC[C@@H]3CO)cs2)cc1. The van der Waals surface area contributed by atoms with Gasteiger partial charge in [-0.15, -0.1) is 11.3 Å². The summed E-state index contributed by atoms with van der Waals surface area (Å²) >= 11 is 1.46. The molecule has 2 aromatic rings. The van der Waals surface area contributed by atoms with Crippen molar-refractivity contribution in [2.75, 3.05) is 19.8 Å². The summed E-state index contributed by atoms with van der Waals surface area (Å²) < 4.78 is 5.58. The lowest BCUT2D eigenvalue weighted by Gasteiger charge is -2.21. The molecule has 0 radical (unpaired) electrons. The van der Waals surface area contributed by atoms with E-state index in [2.05, 4.69) is 11.9 Å². The van der Waals surface area contributed by atoms with Crippen molar-refractivity contribution < 1.29 is 14.6 Å². The first-order chi connectivity index (χ1) is 11.7. The van der Waals surface area contributed by atoms with Gasteiger partial charge in [0.1, 0.15) is 16.5 Å². The molecule has 1 saturated heterocycles. The normalized spacial score (nSPS) is 17.2. The van der Waals surface area contributed by atoms with Crippen LogP contribution in [0.4, 0.5) is 0 Å². The molecule has 0 saturated carbocycles. The molecule has 24 heavy (non-hydrogen) atoms. The third-order valence-corrected chi connectivity index (χ3v) is 5.04. The van der Waals surface area contributed by atoms with Gasteiger partial charge in [-0.05, 0) is 43.5 Å². The number of ether oxygens (including phenoxy) is 1. The van der Waals surface area contributed by atoms with Crippen LogP contribution >= 0.6 is 11.3 Å². The fraction of sp³-hybridized carbons (Fsp3) is 0.444. The van der Waals surface area contributed by atoms with Crippen molar-refractivity contribution in [1.82, 2.24) is 9.88 Å². The Morgan fingerprint density at radius 3 is 2.92 bits per heavy atom. The first kappa shape index (κ1) is 16.9. The summed E-state index contributed by atoms with van der Waals surface area (Å²) in [7, 11) is 0. The number of hydrogen-bond donors (Lipinski definition) is 1. The molecule has 1 atom stereocenters. The average Bonchev–Trinajstić information content (AvgIpc) is 3.29. The Hall–Kier alpha value is -1.92. The lowest BCUT2D eigenvalue weighted by atomic mass is 10.2. The minimum atomic E-state index is -0.0862. The number of nitrogens with zero attached hydrogens (tertiary/aromatic N) is 2. The van der Waals surface area contributed by atoms with E-state index in [1.165, 1.54) is 11.3 Å². The van der Waals surface area contributed by atoms with Crippen LogP contribution in [0.5, 0.6) is 5.75 Å². The number of thiazole rings is 1. The Morgan fingerprint density at radius 2 is 2.21 bits per heavy atom. The number of rotatable bonds is 6. The highest BCUT2D eigenvalue weighted by molar-refractivity contribution is 7.13. The number of carbonyl (C=O) groups excluding carboxylic acids is 1. The number of hydrogen-bond acceptors (Lipinski definition) is 5. The molecule has 1 aromatic heterocycles. The van der Waals surface area contributed by atoms with E-state index in [0.29, 0.717) is 18.8 Å². The van der Waals surface area contributed by atoms with Crippen LogP contribution in [-0.2, 0) is 0 Å². The Bertz CT molecular complexity index is 684. The Labute approximate surface area is 145 Å². The third-order valence-electron chi connectivity index (χ3n) is 4.15. The molecule has 1 aliphatic heterocycles. The predicted molar refractivity (Wildman–Crippen MR) is 94.5 cm³/mol. The van der Waals surface area contributed by atoms with Crippen molar-refractivity contribution in [2.45, 2.75) is 32.2 Å². The van der Waals surface area contributed by atoms with Gasteiger partial charge in [-0.25, -0.2) is 4.98 Å². The molecule has 1 aliphatic rings. The molecular weight excluding hydrogens is 324 g/mol. The molecule has 3 rings (SSSR count). The van der Waals surface area contributed by atoms with E-state index in [-0.39, 0.29) is 18.6 Å². The van der Waals surface area contributed by atoms with Gasteiger partial charge in [0.05, 0.1) is 19.3 Å². The van der Waals surface area contributed by atoms with Crippen LogP contribution in [-0.4, -0.2) is 46.7 Å². The molecule has 0 bridgehead atoms. The third kappa shape index (κ3) is 3.60. The zero-order valence-electron chi connectivity index (χ0n) is 13.8. The first-order valence-electron chi connectivity index (χ1n) is 8.33. The quantitative estimate of drug-likeness (QED) is 0.872. The van der Waals surface area contributed by atoms with E-state index in [1.807, 2.05) is 24.3 Å². The van der Waals surface area contributed by atoms with E-state index >= 15 is 0 Å². The van der Waals surface area contributed by atoms with E-state index in [1.54, 1.807) is 10.3 Å². The van der Waals surface area contributed by atoms with Gasteiger partial charge in [0.25, 0.3) is 5.91 Å². The molecule has 1 aromatic carbocycles. The maximum Gasteiger partial charge on any atom is 0.273 e. The minimum absolute atomic E-state index is 0.0158. The molecule has 128 valence electrons. The maximum atomic E-state index is 12.6. The second-order valence-electron chi connectivity index (χ2n) is 5.89. The number of aliphatic hydroxyl groups is 1. The minimum Gasteiger partial charge on any atom is -0.494 e. The number of benzene rings is 1. The summed E-state index contributed by atoms with van der Waals surface area (Å²) in [5.41, 5.74) is 1.43. The van der Waals surface area contributed by atoms with Gasteiger partial charge in [-0.1, -0.05) is 6.92 Å². The monoisotopic (exact) mass is 346 g/mol. The van der Waals surface area contributed by atoms with E-state index in [0.717, 1.165) is 35.6 Å². The summed E-state index contributed by atoms with van der Waals surface area (Å²) in [6, 6.07) is 7.71. The number of aliphatic hydroxyl groups excluding tert-OH is 1. The van der Waals surface area contributed by atoms with Crippen LogP contribution in [0.1, 0.15) is 36.7 Å². The molecule has 1 fully saturated rings. The molecule has 1 amide bonds. The molecule has 0 spiro atoms. The summed E-state index contributed by atoms with van der Waals surface area (Å²) in [4.78, 5) is 18.8. The summed E-state index contributed by atoms with van der Waals surface area (Å²) in [6.07, 6.45) is 2.77. The second kappa shape index (κ2) is 7.77. The van der Waals surface area contributed by atoms with Gasteiger partial charge in [0, 0.05) is 17.5 Å². The standard InChI is InChI=1S/C18H22N2O3S/c1-2-10-23-15-7-5-13(6-8-15)17-19-16(12-24-17)18(22)20-9-3-4-14(20)11-21/h5-8,12,14,21H,2-4,9-11H2,1H3/t14-/m1/s1. The van der Waals surface area contributed by atoms with Crippen molar-refractivity contribution >= 4 is 17.2 Å². The summed E-state index contributed by atoms with van der Waals surface area (Å²) in [5, 5.41) is 12.0. The number of likely N-dealkylation sites (tertiary alicyclic amines) is 1. The molecule has 1 N–H and O–H groups in total. The van der Waals surface area contributed by atoms with Crippen molar-refractivity contribution in [2.24, 2.45) is 0 Å². The average molecular weight is 346 g/mol. The van der Waals surface area contributed by atoms with Crippen LogP contribution in [0, 0.1) is 0 Å². The topological polar surface area (TPSA) is 62.7 Å². The lowest BCUT2D eigenvalue weighted by Crippen LogP contribution is -2.37. The van der Waals surface area contributed by atoms with Crippen LogP contribution in [0.25, 0.3) is 10.6 Å². The van der Waals surface area contributed by atoms with Gasteiger partial charge in [0.15, 0.2) is 0 Å². The van der Waals surface area contributed by atoms with Crippen molar-refractivity contribution in [3.63, 3.8) is 0 Å². The smallest absolute Gasteiger partial charge is 0.273 e. The molecule has 6 heteroatoms. The highest BCUT2D eigenvalue weighted by Gasteiger charge is 2.30. The Balaban J connectivity index is 1.72. The van der Waals surface area contributed by atoms with Gasteiger partial charge in [-0.2, -0.15) is 0 Å². The number of carbonyl (C=O) groups is 1. The van der Waals surface area contributed by atoms with E-state index in [4.69, 9.17) is 4.74 Å². The van der Waals surface area contributed by atoms with Gasteiger partial charge >= 0.3 is 0 Å². The molecule has 0 aliphatic carbocycles. The number of amides is 1. The Morgan fingerprint density at radius 1 is 1.42 bits per heavy atom. The highest BCUT2D eigenvalue weighted by Crippen LogP contribution is 2.27. The summed E-state index contributed by atoms with van der Waals surface area (Å²) in [6.45, 7) is 3.49. The Kier molecular flexibility index (Phi) is 5.48. The molecule has 0 unspecified atom stereocenters. The van der Waals surface area contributed by atoms with Gasteiger partial charge in [0.2, 0.25) is 0 Å². The van der Waals surface area contributed by atoms with Crippen molar-refractivity contribution in [3.8, 4) is 16.3 Å². The van der Waals surface area contributed by atoms with Gasteiger partial charge in [-0.3, -0.25) is 4.79 Å². The van der Waals surface area contributed by atoms with E-state index in [9.17, 15) is 9.90 Å². The molecule has 2 heterocycles. The lowest BCUT2D eigenvalue weighted by molar-refractivity contribution is 0.0672. The fourth-order valence-electron chi connectivity index (χ4n) is 2.86. The zero-order valence-corrected chi connectivity index (χ0v) is 14.6. The van der Waals surface area contributed by atoms with Crippen LogP contribution in [0.3, 0.4) is 0 Å². The zero-order chi connectivity index (χ0) is 16.9. The maximum absolute atomic E-state index is 12.6. The van der Waals surface area contributed by atoms with Crippen LogP contribution in [0.2, 0.25) is 0 Å². The van der Waals surface area contributed by atoms with Gasteiger partial charge < -0.3 is 14.7 Å².